The number of benzene rings is 1. The predicted octanol–water partition coefficient (Wildman–Crippen LogP) is 2.87. The van der Waals surface area contributed by atoms with Gasteiger partial charge in [-0.2, -0.15) is 0 Å². The normalized spacial score (nSPS) is 15.2. The zero-order valence-electron chi connectivity index (χ0n) is 7.87. The van der Waals surface area contributed by atoms with E-state index in [4.69, 9.17) is 17.3 Å². The zero-order chi connectivity index (χ0) is 10.7. The van der Waals surface area contributed by atoms with Crippen molar-refractivity contribution in [2.24, 2.45) is 5.73 Å². The molecule has 1 aromatic rings. The molecule has 2 atom stereocenters. The molecule has 1 aromatic carbocycles. The Balaban J connectivity index is 2.95. The second-order valence-electron chi connectivity index (χ2n) is 3.17. The Kier molecular flexibility index (Phi) is 4.38. The molecule has 0 aliphatic heterocycles. The summed E-state index contributed by atoms with van der Waals surface area (Å²) < 4.78 is 0.907. The summed E-state index contributed by atoms with van der Waals surface area (Å²) in [6.45, 7) is 1.89. The van der Waals surface area contributed by atoms with Gasteiger partial charge in [0.15, 0.2) is 0 Å². The Bertz CT molecular complexity index is 319. The van der Waals surface area contributed by atoms with E-state index in [1.165, 1.54) is 0 Å². The lowest BCUT2D eigenvalue weighted by Gasteiger charge is -2.18. The summed E-state index contributed by atoms with van der Waals surface area (Å²) >= 11 is 9.32. The Morgan fingerprint density at radius 1 is 1.57 bits per heavy atom. The van der Waals surface area contributed by atoms with Gasteiger partial charge in [0.2, 0.25) is 0 Å². The highest BCUT2D eigenvalue weighted by Gasteiger charge is 2.17. The minimum atomic E-state index is -0.548. The molecule has 0 aromatic heterocycles. The molecule has 4 heteroatoms. The van der Waals surface area contributed by atoms with Crippen LogP contribution in [0.15, 0.2) is 22.7 Å². The average molecular weight is 279 g/mol. The molecule has 2 nitrogen and oxygen atoms in total. The van der Waals surface area contributed by atoms with E-state index >= 15 is 0 Å². The molecule has 0 saturated carbocycles. The summed E-state index contributed by atoms with van der Waals surface area (Å²) in [4.78, 5) is 0. The van der Waals surface area contributed by atoms with Gasteiger partial charge in [-0.15, -0.1) is 0 Å². The van der Waals surface area contributed by atoms with Crippen molar-refractivity contribution in [3.05, 3.63) is 33.3 Å². The Morgan fingerprint density at radius 3 is 2.71 bits per heavy atom. The van der Waals surface area contributed by atoms with E-state index in [0.29, 0.717) is 11.4 Å². The molecule has 14 heavy (non-hydrogen) atoms. The maximum absolute atomic E-state index is 9.58. The van der Waals surface area contributed by atoms with Crippen LogP contribution in [0.1, 0.15) is 24.9 Å². The van der Waals surface area contributed by atoms with Crippen LogP contribution in [0.25, 0.3) is 0 Å². The van der Waals surface area contributed by atoms with Gasteiger partial charge in [-0.3, -0.25) is 0 Å². The van der Waals surface area contributed by atoms with Gasteiger partial charge in [-0.1, -0.05) is 40.5 Å². The van der Waals surface area contributed by atoms with E-state index in [2.05, 4.69) is 15.9 Å². The van der Waals surface area contributed by atoms with Crippen LogP contribution < -0.4 is 5.73 Å². The largest absolute Gasteiger partial charge is 0.391 e. The lowest BCUT2D eigenvalue weighted by molar-refractivity contribution is 0.141. The molecule has 1 rings (SSSR count). The highest BCUT2D eigenvalue weighted by atomic mass is 79.9. The molecule has 78 valence electrons. The second kappa shape index (κ2) is 5.12. The standard InChI is InChI=1S/C10H13BrClNO/c1-2-9(14)10(13)7-4-3-6(11)5-8(7)12/h3-5,9-10,14H,2,13H2,1H3. The SMILES string of the molecule is CCC(O)C(N)c1ccc(Br)cc1Cl. The van der Waals surface area contributed by atoms with Crippen molar-refractivity contribution < 1.29 is 5.11 Å². The average Bonchev–Trinajstić information content (AvgIpc) is 2.15. The highest BCUT2D eigenvalue weighted by Crippen LogP contribution is 2.27. The third-order valence-electron chi connectivity index (χ3n) is 2.15. The van der Waals surface area contributed by atoms with Crippen molar-refractivity contribution in [3.8, 4) is 0 Å². The van der Waals surface area contributed by atoms with E-state index in [1.807, 2.05) is 19.1 Å². The summed E-state index contributed by atoms with van der Waals surface area (Å²) in [5.74, 6) is 0. The van der Waals surface area contributed by atoms with Gasteiger partial charge in [0.05, 0.1) is 12.1 Å². The van der Waals surface area contributed by atoms with Crippen LogP contribution in [-0.4, -0.2) is 11.2 Å². The summed E-state index contributed by atoms with van der Waals surface area (Å²) in [6.07, 6.45) is 0.0711. The predicted molar refractivity (Wildman–Crippen MR) is 62.4 cm³/mol. The van der Waals surface area contributed by atoms with Gasteiger partial charge in [-0.05, 0) is 24.1 Å². The number of nitrogens with two attached hydrogens (primary N) is 1. The van der Waals surface area contributed by atoms with Crippen LogP contribution in [0.3, 0.4) is 0 Å². The number of hydrogen-bond acceptors (Lipinski definition) is 2. The first-order valence-electron chi connectivity index (χ1n) is 4.44. The monoisotopic (exact) mass is 277 g/mol. The molecule has 3 N–H and O–H groups in total. The molecule has 0 aliphatic rings. The van der Waals surface area contributed by atoms with E-state index in [1.54, 1.807) is 6.07 Å². The van der Waals surface area contributed by atoms with Crippen molar-refractivity contribution in [3.63, 3.8) is 0 Å². The number of aliphatic hydroxyl groups excluding tert-OH is 1. The molecule has 0 spiro atoms. The van der Waals surface area contributed by atoms with Crippen LogP contribution in [0.2, 0.25) is 5.02 Å². The topological polar surface area (TPSA) is 46.2 Å². The van der Waals surface area contributed by atoms with Gasteiger partial charge in [0.25, 0.3) is 0 Å². The summed E-state index contributed by atoms with van der Waals surface area (Å²) in [7, 11) is 0. The number of aliphatic hydroxyl groups is 1. The highest BCUT2D eigenvalue weighted by molar-refractivity contribution is 9.10. The fraction of sp³-hybridized carbons (Fsp3) is 0.400. The maximum Gasteiger partial charge on any atom is 0.0730 e. The van der Waals surface area contributed by atoms with Gasteiger partial charge >= 0.3 is 0 Å². The summed E-state index contributed by atoms with van der Waals surface area (Å²) in [5, 5.41) is 10.2. The fourth-order valence-electron chi connectivity index (χ4n) is 1.23. The van der Waals surface area contributed by atoms with Gasteiger partial charge in [0, 0.05) is 9.50 Å². The lowest BCUT2D eigenvalue weighted by Crippen LogP contribution is -2.25. The van der Waals surface area contributed by atoms with E-state index in [9.17, 15) is 5.11 Å². The number of rotatable bonds is 3. The van der Waals surface area contributed by atoms with Crippen molar-refractivity contribution >= 4 is 27.5 Å². The Hall–Kier alpha value is -0.0900. The van der Waals surface area contributed by atoms with Gasteiger partial charge in [0.1, 0.15) is 0 Å². The summed E-state index contributed by atoms with van der Waals surface area (Å²) in [5.41, 5.74) is 6.63. The molecule has 0 saturated heterocycles. The molecular formula is C10H13BrClNO. The quantitative estimate of drug-likeness (QED) is 0.893. The van der Waals surface area contributed by atoms with Crippen molar-refractivity contribution in [1.29, 1.82) is 0 Å². The molecule has 0 radical (unpaired) electrons. The number of halogens is 2. The van der Waals surface area contributed by atoms with Crippen LogP contribution in [0.5, 0.6) is 0 Å². The fourth-order valence-corrected chi connectivity index (χ4v) is 2.03. The molecule has 0 bridgehead atoms. The zero-order valence-corrected chi connectivity index (χ0v) is 10.2. The van der Waals surface area contributed by atoms with Crippen molar-refractivity contribution in [2.45, 2.75) is 25.5 Å². The van der Waals surface area contributed by atoms with E-state index in [0.717, 1.165) is 10.0 Å². The van der Waals surface area contributed by atoms with Crippen molar-refractivity contribution in [2.75, 3.05) is 0 Å². The van der Waals surface area contributed by atoms with Crippen molar-refractivity contribution in [1.82, 2.24) is 0 Å². The maximum atomic E-state index is 9.58. The summed E-state index contributed by atoms with van der Waals surface area (Å²) in [6, 6.07) is 5.05. The molecule has 0 amide bonds. The first kappa shape index (κ1) is 12.0. The molecule has 2 unspecified atom stereocenters. The van der Waals surface area contributed by atoms with Crippen LogP contribution in [0.4, 0.5) is 0 Å². The lowest BCUT2D eigenvalue weighted by atomic mass is 10.0. The minimum Gasteiger partial charge on any atom is -0.391 e. The third-order valence-corrected chi connectivity index (χ3v) is 2.98. The number of hydrogen-bond donors (Lipinski definition) is 2. The Labute approximate surface area is 97.2 Å². The molecule has 0 heterocycles. The van der Waals surface area contributed by atoms with Gasteiger partial charge < -0.3 is 10.8 Å². The van der Waals surface area contributed by atoms with Crippen LogP contribution in [-0.2, 0) is 0 Å². The first-order chi connectivity index (χ1) is 6.56. The van der Waals surface area contributed by atoms with Gasteiger partial charge in [-0.25, -0.2) is 0 Å². The Morgan fingerprint density at radius 2 is 2.21 bits per heavy atom. The van der Waals surface area contributed by atoms with Crippen LogP contribution in [0, 0.1) is 0 Å². The minimum absolute atomic E-state index is 0.416. The first-order valence-corrected chi connectivity index (χ1v) is 5.62. The second-order valence-corrected chi connectivity index (χ2v) is 4.49. The van der Waals surface area contributed by atoms with E-state index < -0.39 is 12.1 Å². The molecule has 0 aliphatic carbocycles. The third kappa shape index (κ3) is 2.70. The molecule has 0 fully saturated rings. The molecular weight excluding hydrogens is 265 g/mol. The smallest absolute Gasteiger partial charge is 0.0730 e. The van der Waals surface area contributed by atoms with E-state index in [-0.39, 0.29) is 0 Å². The van der Waals surface area contributed by atoms with Crippen LogP contribution >= 0.6 is 27.5 Å².